The first-order valence-electron chi connectivity index (χ1n) is 7.06. The largest absolute Gasteiger partial charge is 0.493 e. The van der Waals surface area contributed by atoms with Crippen LogP contribution in [0, 0.1) is 5.82 Å². The van der Waals surface area contributed by atoms with E-state index in [4.69, 9.17) is 21.1 Å². The van der Waals surface area contributed by atoms with Gasteiger partial charge in [-0.1, -0.05) is 29.8 Å². The zero-order valence-corrected chi connectivity index (χ0v) is 13.4. The molecule has 0 radical (unpaired) electrons. The van der Waals surface area contributed by atoms with Gasteiger partial charge in [0, 0.05) is 6.54 Å². The van der Waals surface area contributed by atoms with Crippen molar-refractivity contribution in [3.63, 3.8) is 0 Å². The molecule has 0 aromatic heterocycles. The molecule has 0 fully saturated rings. The summed E-state index contributed by atoms with van der Waals surface area (Å²) < 4.78 is 23.6. The first-order valence-corrected chi connectivity index (χ1v) is 7.44. The Balaban J connectivity index is 1.76. The quantitative estimate of drug-likeness (QED) is 0.844. The van der Waals surface area contributed by atoms with Crippen molar-refractivity contribution in [1.82, 2.24) is 5.32 Å². The van der Waals surface area contributed by atoms with Crippen molar-refractivity contribution in [1.29, 1.82) is 0 Å². The van der Waals surface area contributed by atoms with Gasteiger partial charge in [-0.05, 0) is 36.2 Å². The summed E-state index contributed by atoms with van der Waals surface area (Å²) in [7, 11) is 1.54. The molecule has 2 rings (SSSR count). The zero-order valence-electron chi connectivity index (χ0n) is 12.6. The highest BCUT2D eigenvalue weighted by Crippen LogP contribution is 2.25. The normalized spacial score (nSPS) is 10.2. The summed E-state index contributed by atoms with van der Waals surface area (Å²) in [5.41, 5.74) is 0.849. The molecule has 4 nitrogen and oxygen atoms in total. The van der Waals surface area contributed by atoms with E-state index >= 15 is 0 Å². The highest BCUT2D eigenvalue weighted by atomic mass is 35.5. The van der Waals surface area contributed by atoms with Crippen molar-refractivity contribution in [2.45, 2.75) is 6.42 Å². The Morgan fingerprint density at radius 3 is 2.65 bits per heavy atom. The molecule has 1 amide bonds. The van der Waals surface area contributed by atoms with Crippen LogP contribution in [0.5, 0.6) is 11.5 Å². The molecule has 2 aromatic rings. The Labute approximate surface area is 139 Å². The summed E-state index contributed by atoms with van der Waals surface area (Å²) in [6.07, 6.45) is 0.556. The molecule has 0 aliphatic carbocycles. The summed E-state index contributed by atoms with van der Waals surface area (Å²) in [5.74, 6) is 0.380. The SMILES string of the molecule is COc1ccccc1OCC(=O)NCCc1ccc(F)c(Cl)c1. The van der Waals surface area contributed by atoms with Crippen LogP contribution < -0.4 is 14.8 Å². The average molecular weight is 338 g/mol. The Bertz CT molecular complexity index is 679. The zero-order chi connectivity index (χ0) is 16.7. The fraction of sp³-hybridized carbons (Fsp3) is 0.235. The highest BCUT2D eigenvalue weighted by Gasteiger charge is 2.07. The molecule has 23 heavy (non-hydrogen) atoms. The lowest BCUT2D eigenvalue weighted by Crippen LogP contribution is -2.30. The van der Waals surface area contributed by atoms with E-state index in [-0.39, 0.29) is 17.5 Å². The summed E-state index contributed by atoms with van der Waals surface area (Å²) in [5, 5.41) is 2.81. The van der Waals surface area contributed by atoms with Crippen molar-refractivity contribution < 1.29 is 18.7 Å². The van der Waals surface area contributed by atoms with Gasteiger partial charge in [-0.25, -0.2) is 4.39 Å². The lowest BCUT2D eigenvalue weighted by Gasteiger charge is -2.10. The van der Waals surface area contributed by atoms with Crippen molar-refractivity contribution in [3.8, 4) is 11.5 Å². The number of carbonyl (C=O) groups is 1. The van der Waals surface area contributed by atoms with Gasteiger partial charge in [0.15, 0.2) is 18.1 Å². The molecule has 6 heteroatoms. The van der Waals surface area contributed by atoms with Gasteiger partial charge in [0.05, 0.1) is 12.1 Å². The molecule has 0 aliphatic rings. The van der Waals surface area contributed by atoms with E-state index in [9.17, 15) is 9.18 Å². The van der Waals surface area contributed by atoms with Gasteiger partial charge >= 0.3 is 0 Å². The van der Waals surface area contributed by atoms with Crippen molar-refractivity contribution >= 4 is 17.5 Å². The second-order valence-corrected chi connectivity index (χ2v) is 5.20. The lowest BCUT2D eigenvalue weighted by atomic mass is 10.1. The van der Waals surface area contributed by atoms with Crippen LogP contribution >= 0.6 is 11.6 Å². The fourth-order valence-electron chi connectivity index (χ4n) is 1.97. The maximum Gasteiger partial charge on any atom is 0.257 e. The molecule has 0 saturated heterocycles. The van der Waals surface area contributed by atoms with Crippen LogP contribution in [-0.2, 0) is 11.2 Å². The van der Waals surface area contributed by atoms with Crippen LogP contribution in [0.2, 0.25) is 5.02 Å². The number of carbonyl (C=O) groups excluding carboxylic acids is 1. The number of methoxy groups -OCH3 is 1. The topological polar surface area (TPSA) is 47.6 Å². The standard InChI is InChI=1S/C17H17ClFNO3/c1-22-15-4-2-3-5-16(15)23-11-17(21)20-9-8-12-6-7-14(19)13(18)10-12/h2-7,10H,8-9,11H2,1H3,(H,20,21). The number of hydrogen-bond donors (Lipinski definition) is 1. The van der Waals surface area contributed by atoms with Gasteiger partial charge in [-0.15, -0.1) is 0 Å². The third-order valence-corrected chi connectivity index (χ3v) is 3.44. The minimum absolute atomic E-state index is 0.0772. The van der Waals surface area contributed by atoms with E-state index in [0.29, 0.717) is 24.5 Å². The van der Waals surface area contributed by atoms with E-state index in [1.807, 2.05) is 6.07 Å². The monoisotopic (exact) mass is 337 g/mol. The van der Waals surface area contributed by atoms with Crippen LogP contribution in [0.15, 0.2) is 42.5 Å². The molecule has 0 bridgehead atoms. The number of ether oxygens (including phenoxy) is 2. The summed E-state index contributed by atoms with van der Waals surface area (Å²) >= 11 is 5.71. The van der Waals surface area contributed by atoms with E-state index in [1.165, 1.54) is 13.2 Å². The minimum atomic E-state index is -0.454. The van der Waals surface area contributed by atoms with E-state index < -0.39 is 5.82 Å². The third kappa shape index (κ3) is 5.14. The second-order valence-electron chi connectivity index (χ2n) is 4.79. The van der Waals surface area contributed by atoms with Gasteiger partial charge in [0.2, 0.25) is 0 Å². The van der Waals surface area contributed by atoms with Crippen molar-refractivity contribution in [2.24, 2.45) is 0 Å². The molecule has 0 atom stereocenters. The Morgan fingerprint density at radius 2 is 1.96 bits per heavy atom. The smallest absolute Gasteiger partial charge is 0.257 e. The molecule has 2 aromatic carbocycles. The molecule has 122 valence electrons. The predicted molar refractivity (Wildman–Crippen MR) is 86.6 cm³/mol. The number of hydrogen-bond acceptors (Lipinski definition) is 3. The predicted octanol–water partition coefficient (Wildman–Crippen LogP) is 3.23. The van der Waals surface area contributed by atoms with Crippen LogP contribution in [0.4, 0.5) is 4.39 Å². The number of rotatable bonds is 7. The van der Waals surface area contributed by atoms with Crippen LogP contribution in [-0.4, -0.2) is 26.2 Å². The Hall–Kier alpha value is -2.27. The van der Waals surface area contributed by atoms with E-state index in [0.717, 1.165) is 5.56 Å². The van der Waals surface area contributed by atoms with Gasteiger partial charge in [-0.2, -0.15) is 0 Å². The minimum Gasteiger partial charge on any atom is -0.493 e. The lowest BCUT2D eigenvalue weighted by molar-refractivity contribution is -0.123. The summed E-state index contributed by atoms with van der Waals surface area (Å²) in [6.45, 7) is 0.306. The molecule has 0 heterocycles. The molecule has 1 N–H and O–H groups in total. The molecule has 0 saturated carbocycles. The molecular formula is C17H17ClFNO3. The number of nitrogens with one attached hydrogen (secondary N) is 1. The summed E-state index contributed by atoms with van der Waals surface area (Å²) in [4.78, 5) is 11.8. The Kier molecular flexibility index (Phi) is 6.23. The first kappa shape index (κ1) is 17.1. The van der Waals surface area contributed by atoms with Gasteiger partial charge in [0.25, 0.3) is 5.91 Å². The Morgan fingerprint density at radius 1 is 1.22 bits per heavy atom. The second kappa shape index (κ2) is 8.39. The van der Waals surface area contributed by atoms with Crippen molar-refractivity contribution in [2.75, 3.05) is 20.3 Å². The van der Waals surface area contributed by atoms with E-state index in [2.05, 4.69) is 5.32 Å². The van der Waals surface area contributed by atoms with E-state index in [1.54, 1.807) is 30.3 Å². The van der Waals surface area contributed by atoms with Crippen LogP contribution in [0.25, 0.3) is 0 Å². The van der Waals surface area contributed by atoms with Crippen molar-refractivity contribution in [3.05, 3.63) is 58.9 Å². The highest BCUT2D eigenvalue weighted by molar-refractivity contribution is 6.30. The van der Waals surface area contributed by atoms with Crippen LogP contribution in [0.1, 0.15) is 5.56 Å². The average Bonchev–Trinajstić information content (AvgIpc) is 2.56. The molecule has 0 aliphatic heterocycles. The number of benzene rings is 2. The maximum absolute atomic E-state index is 13.0. The molecular weight excluding hydrogens is 321 g/mol. The third-order valence-electron chi connectivity index (χ3n) is 3.15. The van der Waals surface area contributed by atoms with Gasteiger partial charge in [0.1, 0.15) is 5.82 Å². The van der Waals surface area contributed by atoms with Gasteiger partial charge < -0.3 is 14.8 Å². The molecule has 0 unspecified atom stereocenters. The molecule has 0 spiro atoms. The number of halogens is 2. The number of para-hydroxylation sites is 2. The first-order chi connectivity index (χ1) is 11.1. The number of amides is 1. The summed E-state index contributed by atoms with van der Waals surface area (Å²) in [6, 6.07) is 11.6. The maximum atomic E-state index is 13.0. The van der Waals surface area contributed by atoms with Crippen LogP contribution in [0.3, 0.4) is 0 Å². The van der Waals surface area contributed by atoms with Gasteiger partial charge in [-0.3, -0.25) is 4.79 Å². The fourth-order valence-corrected chi connectivity index (χ4v) is 2.18.